The van der Waals surface area contributed by atoms with Crippen molar-refractivity contribution >= 4 is 17.4 Å². The molecule has 1 N–H and O–H groups in total. The van der Waals surface area contributed by atoms with Gasteiger partial charge in [0.05, 0.1) is 18.0 Å². The lowest BCUT2D eigenvalue weighted by Gasteiger charge is -2.22. The maximum atomic E-state index is 11.7. The van der Waals surface area contributed by atoms with Gasteiger partial charge in [-0.15, -0.1) is 6.42 Å². The molecule has 0 bridgehead atoms. The smallest absolute Gasteiger partial charge is 0.287 e. The number of anilines is 1. The number of rotatable bonds is 5. The number of pyridine rings is 1. The molecule has 0 spiro atoms. The molecule has 2 heterocycles. The monoisotopic (exact) mass is 317 g/mol. The predicted octanol–water partition coefficient (Wildman–Crippen LogP) is 0.251. The van der Waals surface area contributed by atoms with Gasteiger partial charge in [0.2, 0.25) is 5.91 Å². The van der Waals surface area contributed by atoms with Crippen LogP contribution in [0.5, 0.6) is 0 Å². The summed E-state index contributed by atoms with van der Waals surface area (Å²) in [6, 6.07) is 3.12. The average molecular weight is 317 g/mol. The van der Waals surface area contributed by atoms with Gasteiger partial charge in [0, 0.05) is 32.2 Å². The predicted molar refractivity (Wildman–Crippen MR) is 86.0 cm³/mol. The van der Waals surface area contributed by atoms with Crippen LogP contribution in [0.15, 0.2) is 18.3 Å². The second-order valence-corrected chi connectivity index (χ2v) is 5.23. The fraction of sp³-hybridized carbons (Fsp3) is 0.467. The van der Waals surface area contributed by atoms with E-state index >= 15 is 0 Å². The molecule has 1 amide bonds. The molecule has 1 aromatic heterocycles. The van der Waals surface area contributed by atoms with E-state index in [2.05, 4.69) is 26.0 Å². The van der Waals surface area contributed by atoms with Crippen molar-refractivity contribution in [2.75, 3.05) is 44.2 Å². The van der Waals surface area contributed by atoms with E-state index in [4.69, 9.17) is 6.42 Å². The molecule has 0 radical (unpaired) electrons. The van der Waals surface area contributed by atoms with Gasteiger partial charge in [-0.05, 0) is 12.5 Å². The number of amides is 1. The Balaban J connectivity index is 1.89. The number of nitrogens with zero attached hydrogens (tertiary/aromatic N) is 4. The molecule has 8 nitrogen and oxygen atoms in total. The van der Waals surface area contributed by atoms with E-state index < -0.39 is 4.92 Å². The van der Waals surface area contributed by atoms with Crippen molar-refractivity contribution in [2.24, 2.45) is 0 Å². The van der Waals surface area contributed by atoms with Gasteiger partial charge >= 0.3 is 0 Å². The van der Waals surface area contributed by atoms with E-state index in [-0.39, 0.29) is 18.1 Å². The Kier molecular flexibility index (Phi) is 5.88. The molecule has 1 aromatic rings. The fourth-order valence-corrected chi connectivity index (χ4v) is 2.44. The zero-order valence-corrected chi connectivity index (χ0v) is 12.8. The first-order valence-corrected chi connectivity index (χ1v) is 7.38. The maximum absolute atomic E-state index is 11.7. The first kappa shape index (κ1) is 16.7. The summed E-state index contributed by atoms with van der Waals surface area (Å²) in [6.07, 6.45) is 7.27. The van der Waals surface area contributed by atoms with Crippen LogP contribution in [-0.2, 0) is 4.79 Å². The highest BCUT2D eigenvalue weighted by molar-refractivity contribution is 5.78. The highest BCUT2D eigenvalue weighted by Crippen LogP contribution is 2.17. The van der Waals surface area contributed by atoms with E-state index in [1.807, 2.05) is 0 Å². The summed E-state index contributed by atoms with van der Waals surface area (Å²) in [4.78, 5) is 30.2. The lowest BCUT2D eigenvalue weighted by molar-refractivity contribution is -0.385. The molecule has 1 aliphatic heterocycles. The minimum atomic E-state index is -0.463. The average Bonchev–Trinajstić information content (AvgIpc) is 2.78. The third kappa shape index (κ3) is 4.93. The molecule has 0 unspecified atom stereocenters. The zero-order valence-electron chi connectivity index (χ0n) is 12.8. The standard InChI is InChI=1S/C15H19N5O3/c1-2-6-16-15(21)12-18-7-3-8-19(10-9-18)14-5-4-13(11-17-14)20(22)23/h1,4-5,11H,3,6-10,12H2,(H,16,21). The molecular formula is C15H19N5O3. The maximum Gasteiger partial charge on any atom is 0.287 e. The van der Waals surface area contributed by atoms with Gasteiger partial charge in [-0.3, -0.25) is 19.8 Å². The van der Waals surface area contributed by atoms with Gasteiger partial charge < -0.3 is 10.2 Å². The van der Waals surface area contributed by atoms with Crippen LogP contribution in [0.2, 0.25) is 0 Å². The van der Waals surface area contributed by atoms with Gasteiger partial charge in [-0.25, -0.2) is 4.98 Å². The molecule has 0 aliphatic carbocycles. The SMILES string of the molecule is C#CCNC(=O)CN1CCCN(c2ccc([N+](=O)[O-])cn2)CC1. The lowest BCUT2D eigenvalue weighted by atomic mass is 10.3. The molecular weight excluding hydrogens is 298 g/mol. The second-order valence-electron chi connectivity index (χ2n) is 5.23. The molecule has 1 aliphatic rings. The largest absolute Gasteiger partial charge is 0.355 e. The van der Waals surface area contributed by atoms with Crippen LogP contribution >= 0.6 is 0 Å². The highest BCUT2D eigenvalue weighted by Gasteiger charge is 2.18. The minimum absolute atomic E-state index is 0.0182. The Morgan fingerprint density at radius 3 is 2.87 bits per heavy atom. The quantitative estimate of drug-likeness (QED) is 0.475. The number of carbonyl (C=O) groups excluding carboxylic acids is 1. The van der Waals surface area contributed by atoms with Crippen molar-refractivity contribution < 1.29 is 9.72 Å². The number of hydrogen-bond donors (Lipinski definition) is 1. The molecule has 2 rings (SSSR count). The summed E-state index contributed by atoms with van der Waals surface area (Å²) in [5.74, 6) is 3.01. The summed E-state index contributed by atoms with van der Waals surface area (Å²) in [5.41, 5.74) is -0.0182. The molecule has 1 fully saturated rings. The summed E-state index contributed by atoms with van der Waals surface area (Å²) >= 11 is 0. The Hall–Kier alpha value is -2.66. The van der Waals surface area contributed by atoms with Crippen molar-refractivity contribution in [1.82, 2.24) is 15.2 Å². The van der Waals surface area contributed by atoms with E-state index in [0.717, 1.165) is 26.1 Å². The first-order chi connectivity index (χ1) is 11.1. The van der Waals surface area contributed by atoms with Crippen LogP contribution < -0.4 is 10.2 Å². The van der Waals surface area contributed by atoms with Gasteiger partial charge in [0.25, 0.3) is 5.69 Å². The Morgan fingerprint density at radius 2 is 2.22 bits per heavy atom. The summed E-state index contributed by atoms with van der Waals surface area (Å²) < 4.78 is 0. The van der Waals surface area contributed by atoms with Gasteiger partial charge in [-0.1, -0.05) is 5.92 Å². The molecule has 1 saturated heterocycles. The number of carbonyl (C=O) groups is 1. The third-order valence-corrected chi connectivity index (χ3v) is 3.61. The Morgan fingerprint density at radius 1 is 1.39 bits per heavy atom. The van der Waals surface area contributed by atoms with Gasteiger partial charge in [0.1, 0.15) is 12.0 Å². The second kappa shape index (κ2) is 8.10. The summed E-state index contributed by atoms with van der Waals surface area (Å²) in [7, 11) is 0. The molecule has 0 aromatic carbocycles. The van der Waals surface area contributed by atoms with E-state index in [1.165, 1.54) is 12.3 Å². The number of hydrogen-bond acceptors (Lipinski definition) is 6. The minimum Gasteiger partial charge on any atom is -0.355 e. The van der Waals surface area contributed by atoms with Crippen LogP contribution in [0.25, 0.3) is 0 Å². The lowest BCUT2D eigenvalue weighted by Crippen LogP contribution is -2.39. The Labute approximate surface area is 134 Å². The van der Waals surface area contributed by atoms with Crippen molar-refractivity contribution in [3.05, 3.63) is 28.4 Å². The third-order valence-electron chi connectivity index (χ3n) is 3.61. The first-order valence-electron chi connectivity index (χ1n) is 7.38. The van der Waals surface area contributed by atoms with Crippen LogP contribution in [0.3, 0.4) is 0 Å². The van der Waals surface area contributed by atoms with E-state index in [0.29, 0.717) is 18.9 Å². The summed E-state index contributed by atoms with van der Waals surface area (Å²) in [5, 5.41) is 13.3. The van der Waals surface area contributed by atoms with Crippen molar-refractivity contribution in [3.63, 3.8) is 0 Å². The number of aromatic nitrogens is 1. The van der Waals surface area contributed by atoms with Crippen molar-refractivity contribution in [3.8, 4) is 12.3 Å². The number of nitro groups is 1. The van der Waals surface area contributed by atoms with Crippen molar-refractivity contribution in [2.45, 2.75) is 6.42 Å². The van der Waals surface area contributed by atoms with E-state index in [1.54, 1.807) is 6.07 Å². The fourth-order valence-electron chi connectivity index (χ4n) is 2.44. The number of nitrogens with one attached hydrogen (secondary N) is 1. The zero-order chi connectivity index (χ0) is 16.7. The van der Waals surface area contributed by atoms with E-state index in [9.17, 15) is 14.9 Å². The van der Waals surface area contributed by atoms with Crippen LogP contribution in [0, 0.1) is 22.5 Å². The van der Waals surface area contributed by atoms with Crippen LogP contribution in [-0.4, -0.2) is 60.0 Å². The van der Waals surface area contributed by atoms with Crippen LogP contribution in [0.4, 0.5) is 11.5 Å². The molecule has 8 heteroatoms. The van der Waals surface area contributed by atoms with Gasteiger partial charge in [-0.2, -0.15) is 0 Å². The highest BCUT2D eigenvalue weighted by atomic mass is 16.6. The molecule has 23 heavy (non-hydrogen) atoms. The summed E-state index contributed by atoms with van der Waals surface area (Å²) in [6.45, 7) is 3.62. The van der Waals surface area contributed by atoms with Crippen LogP contribution in [0.1, 0.15) is 6.42 Å². The topological polar surface area (TPSA) is 91.6 Å². The normalized spacial score (nSPS) is 15.5. The Bertz CT molecular complexity index is 596. The molecule has 0 atom stereocenters. The molecule has 122 valence electrons. The molecule has 0 saturated carbocycles. The van der Waals surface area contributed by atoms with Gasteiger partial charge in [0.15, 0.2) is 0 Å². The van der Waals surface area contributed by atoms with Crippen molar-refractivity contribution in [1.29, 1.82) is 0 Å². The number of terminal acetylenes is 1.